The Morgan fingerprint density at radius 3 is 3.00 bits per heavy atom. The van der Waals surface area contributed by atoms with E-state index < -0.39 is 4.92 Å². The summed E-state index contributed by atoms with van der Waals surface area (Å²) in [7, 11) is 0. The Bertz CT molecular complexity index is 612. The van der Waals surface area contributed by atoms with Gasteiger partial charge < -0.3 is 10.3 Å². The van der Waals surface area contributed by atoms with Crippen LogP contribution in [0.15, 0.2) is 24.4 Å². The minimum Gasteiger partial charge on any atom is -0.341 e. The predicted octanol–water partition coefficient (Wildman–Crippen LogP) is 3.14. The quantitative estimate of drug-likeness (QED) is 0.487. The van der Waals surface area contributed by atoms with Crippen molar-refractivity contribution in [2.24, 2.45) is 0 Å². The number of nitrogens with one attached hydrogen (secondary N) is 2. The van der Waals surface area contributed by atoms with Gasteiger partial charge in [-0.2, -0.15) is 0 Å². The topological polar surface area (TPSA) is 83.8 Å². The van der Waals surface area contributed by atoms with Crippen molar-refractivity contribution in [1.29, 1.82) is 0 Å². The monoisotopic (exact) mass is 294 g/mol. The lowest BCUT2D eigenvalue weighted by Gasteiger charge is -2.01. The Labute approximate surface area is 121 Å². The van der Waals surface area contributed by atoms with Crippen molar-refractivity contribution in [3.8, 4) is 11.3 Å². The summed E-state index contributed by atoms with van der Waals surface area (Å²) >= 11 is 5.79. The molecule has 7 heteroatoms. The Kier molecular flexibility index (Phi) is 4.70. The van der Waals surface area contributed by atoms with Gasteiger partial charge in [0.25, 0.3) is 5.69 Å². The van der Waals surface area contributed by atoms with E-state index >= 15 is 0 Å². The molecule has 0 unspecified atom stereocenters. The number of hydrogen-bond donors (Lipinski definition) is 2. The number of nitrogens with zero attached hydrogens (tertiary/aromatic N) is 2. The molecule has 0 bridgehead atoms. The van der Waals surface area contributed by atoms with E-state index in [1.54, 1.807) is 12.3 Å². The number of halogens is 1. The number of H-pyrrole nitrogens is 1. The molecule has 0 saturated carbocycles. The van der Waals surface area contributed by atoms with Gasteiger partial charge in [-0.3, -0.25) is 10.1 Å². The number of aromatic amines is 1. The van der Waals surface area contributed by atoms with Crippen LogP contribution in [-0.2, 0) is 6.54 Å². The largest absolute Gasteiger partial charge is 0.341 e. The highest BCUT2D eigenvalue weighted by Gasteiger charge is 2.14. The van der Waals surface area contributed by atoms with E-state index in [2.05, 4.69) is 22.2 Å². The molecular formula is C13H15ClN4O2. The average molecular weight is 295 g/mol. The molecule has 0 aliphatic heterocycles. The first-order valence-corrected chi connectivity index (χ1v) is 6.68. The molecule has 0 aliphatic rings. The zero-order chi connectivity index (χ0) is 14.5. The van der Waals surface area contributed by atoms with Gasteiger partial charge in [0.05, 0.1) is 23.4 Å². The maximum Gasteiger partial charge on any atom is 0.288 e. The van der Waals surface area contributed by atoms with Crippen LogP contribution < -0.4 is 5.32 Å². The number of benzene rings is 1. The maximum absolute atomic E-state index is 10.9. The van der Waals surface area contributed by atoms with Crippen LogP contribution in [0.3, 0.4) is 0 Å². The van der Waals surface area contributed by atoms with E-state index in [9.17, 15) is 10.1 Å². The minimum absolute atomic E-state index is 0.107. The van der Waals surface area contributed by atoms with Crippen molar-refractivity contribution in [2.45, 2.75) is 19.9 Å². The highest BCUT2D eigenvalue weighted by atomic mass is 35.5. The Morgan fingerprint density at radius 1 is 1.50 bits per heavy atom. The van der Waals surface area contributed by atoms with E-state index in [4.69, 9.17) is 11.6 Å². The van der Waals surface area contributed by atoms with E-state index in [-0.39, 0.29) is 10.7 Å². The van der Waals surface area contributed by atoms with Crippen LogP contribution in [0.4, 0.5) is 5.69 Å². The molecule has 0 spiro atoms. The number of hydrogen-bond acceptors (Lipinski definition) is 4. The maximum atomic E-state index is 10.9. The number of nitro groups is 1. The summed E-state index contributed by atoms with van der Waals surface area (Å²) in [6.07, 6.45) is 2.72. The second-order valence-electron chi connectivity index (χ2n) is 4.34. The van der Waals surface area contributed by atoms with Gasteiger partial charge >= 0.3 is 0 Å². The molecule has 6 nitrogen and oxygen atoms in total. The smallest absolute Gasteiger partial charge is 0.288 e. The van der Waals surface area contributed by atoms with Gasteiger partial charge in [0, 0.05) is 11.6 Å². The first-order valence-electron chi connectivity index (χ1n) is 6.30. The fraction of sp³-hybridized carbons (Fsp3) is 0.308. The number of nitro benzene ring substituents is 1. The van der Waals surface area contributed by atoms with Crippen LogP contribution in [0.1, 0.15) is 19.2 Å². The van der Waals surface area contributed by atoms with E-state index in [0.29, 0.717) is 12.1 Å². The minimum atomic E-state index is -0.494. The number of aromatic nitrogens is 2. The van der Waals surface area contributed by atoms with E-state index in [1.165, 1.54) is 12.1 Å². The molecule has 0 fully saturated rings. The molecule has 20 heavy (non-hydrogen) atoms. The summed E-state index contributed by atoms with van der Waals surface area (Å²) in [5.41, 5.74) is 1.32. The molecule has 2 aromatic rings. The Balaban J connectivity index is 2.19. The van der Waals surface area contributed by atoms with Crippen molar-refractivity contribution in [1.82, 2.24) is 15.3 Å². The van der Waals surface area contributed by atoms with E-state index in [0.717, 1.165) is 24.5 Å². The molecule has 0 radical (unpaired) electrons. The average Bonchev–Trinajstić information content (AvgIpc) is 2.88. The van der Waals surface area contributed by atoms with Crippen LogP contribution in [0.25, 0.3) is 11.3 Å². The number of rotatable bonds is 6. The highest BCUT2D eigenvalue weighted by molar-refractivity contribution is 6.32. The lowest BCUT2D eigenvalue weighted by molar-refractivity contribution is -0.384. The zero-order valence-electron chi connectivity index (χ0n) is 11.0. The molecule has 2 N–H and O–H groups in total. The highest BCUT2D eigenvalue weighted by Crippen LogP contribution is 2.29. The van der Waals surface area contributed by atoms with Crippen molar-refractivity contribution in [2.75, 3.05) is 6.54 Å². The third kappa shape index (κ3) is 3.34. The Morgan fingerprint density at radius 2 is 2.30 bits per heavy atom. The van der Waals surface area contributed by atoms with E-state index in [1.807, 2.05) is 0 Å². The van der Waals surface area contributed by atoms with Gasteiger partial charge in [-0.25, -0.2) is 4.98 Å². The lowest BCUT2D eigenvalue weighted by atomic mass is 10.1. The van der Waals surface area contributed by atoms with Crippen molar-refractivity contribution < 1.29 is 4.92 Å². The normalized spacial score (nSPS) is 10.7. The summed E-state index contributed by atoms with van der Waals surface area (Å²) in [6, 6.07) is 4.69. The Hall–Kier alpha value is -1.92. The molecule has 0 saturated heterocycles. The predicted molar refractivity (Wildman–Crippen MR) is 77.7 cm³/mol. The SMILES string of the molecule is CCCNCc1ncc(-c2ccc(Cl)c([N+](=O)[O-])c2)[nH]1. The molecule has 0 atom stereocenters. The first kappa shape index (κ1) is 14.5. The lowest BCUT2D eigenvalue weighted by Crippen LogP contribution is -2.14. The third-order valence-corrected chi connectivity index (χ3v) is 3.12. The molecule has 1 heterocycles. The summed E-state index contributed by atoms with van der Waals surface area (Å²) in [6.45, 7) is 3.65. The molecular weight excluding hydrogens is 280 g/mol. The second-order valence-corrected chi connectivity index (χ2v) is 4.75. The third-order valence-electron chi connectivity index (χ3n) is 2.80. The summed E-state index contributed by atoms with van der Waals surface area (Å²) in [5, 5.41) is 14.2. The summed E-state index contributed by atoms with van der Waals surface area (Å²) in [5.74, 6) is 0.797. The van der Waals surface area contributed by atoms with Crippen LogP contribution in [0.5, 0.6) is 0 Å². The van der Waals surface area contributed by atoms with Gasteiger partial charge in [-0.15, -0.1) is 0 Å². The van der Waals surface area contributed by atoms with Crippen LogP contribution in [0.2, 0.25) is 5.02 Å². The first-order chi connectivity index (χ1) is 9.61. The standard InChI is InChI=1S/C13H15ClN4O2/c1-2-5-15-8-13-16-7-11(17-13)9-3-4-10(14)12(6-9)18(19)20/h3-4,6-7,15H,2,5,8H2,1H3,(H,16,17). The van der Waals surface area contributed by atoms with Crippen molar-refractivity contribution in [3.63, 3.8) is 0 Å². The van der Waals surface area contributed by atoms with Crippen molar-refractivity contribution >= 4 is 17.3 Å². The van der Waals surface area contributed by atoms with Gasteiger partial charge in [-0.1, -0.05) is 24.6 Å². The van der Waals surface area contributed by atoms with Crippen LogP contribution in [0, 0.1) is 10.1 Å². The van der Waals surface area contributed by atoms with Gasteiger partial charge in [0.1, 0.15) is 10.8 Å². The zero-order valence-corrected chi connectivity index (χ0v) is 11.8. The van der Waals surface area contributed by atoms with Gasteiger partial charge in [0.2, 0.25) is 0 Å². The number of imidazole rings is 1. The molecule has 1 aromatic heterocycles. The fourth-order valence-corrected chi connectivity index (χ4v) is 1.99. The van der Waals surface area contributed by atoms with Gasteiger partial charge in [0.15, 0.2) is 0 Å². The molecule has 106 valence electrons. The molecule has 1 aromatic carbocycles. The molecule has 2 rings (SSSR count). The summed E-state index contributed by atoms with van der Waals surface area (Å²) in [4.78, 5) is 17.8. The fourth-order valence-electron chi connectivity index (χ4n) is 1.80. The second kappa shape index (κ2) is 6.49. The molecule has 0 aliphatic carbocycles. The summed E-state index contributed by atoms with van der Waals surface area (Å²) < 4.78 is 0. The van der Waals surface area contributed by atoms with Crippen LogP contribution >= 0.6 is 11.6 Å². The van der Waals surface area contributed by atoms with Crippen LogP contribution in [-0.4, -0.2) is 21.4 Å². The molecule has 0 amide bonds. The van der Waals surface area contributed by atoms with Crippen molar-refractivity contribution in [3.05, 3.63) is 45.4 Å². The van der Waals surface area contributed by atoms with Gasteiger partial charge in [-0.05, 0) is 19.0 Å².